The lowest BCUT2D eigenvalue weighted by molar-refractivity contribution is 0.170. The van der Waals surface area contributed by atoms with E-state index in [9.17, 15) is 5.11 Å². The number of para-hydroxylation sites is 1. The molecule has 1 rings (SSSR count). The molecular weight excluding hydrogens is 190 g/mol. The van der Waals surface area contributed by atoms with Gasteiger partial charge < -0.3 is 15.6 Å². The Kier molecular flexibility index (Phi) is 5.15. The number of hydrogen-bond acceptors (Lipinski definition) is 3. The van der Waals surface area contributed by atoms with Crippen molar-refractivity contribution in [1.29, 1.82) is 0 Å². The van der Waals surface area contributed by atoms with Crippen molar-refractivity contribution < 1.29 is 9.84 Å². The van der Waals surface area contributed by atoms with E-state index < -0.39 is 0 Å². The Balaban J connectivity index is 2.43. The van der Waals surface area contributed by atoms with Crippen LogP contribution in [0.2, 0.25) is 0 Å². The third-order valence-electron chi connectivity index (χ3n) is 2.45. The molecule has 0 aliphatic heterocycles. The zero-order chi connectivity index (χ0) is 11.1. The fourth-order valence-electron chi connectivity index (χ4n) is 1.56. The highest BCUT2D eigenvalue weighted by Crippen LogP contribution is 2.19. The van der Waals surface area contributed by atoms with E-state index in [-0.39, 0.29) is 6.10 Å². The van der Waals surface area contributed by atoms with Crippen molar-refractivity contribution in [3.8, 4) is 5.75 Å². The normalized spacial score (nSPS) is 12.5. The van der Waals surface area contributed by atoms with E-state index in [1.807, 2.05) is 24.3 Å². The van der Waals surface area contributed by atoms with Crippen LogP contribution in [0.1, 0.15) is 18.4 Å². The molecule has 3 heteroatoms. The molecule has 84 valence electrons. The Morgan fingerprint density at radius 2 is 2.13 bits per heavy atom. The predicted molar refractivity (Wildman–Crippen MR) is 61.0 cm³/mol. The second kappa shape index (κ2) is 6.43. The SMILES string of the molecule is COc1ccccc1CCCC(O)CN. The van der Waals surface area contributed by atoms with E-state index in [1.165, 1.54) is 5.56 Å². The first-order valence-corrected chi connectivity index (χ1v) is 5.28. The number of nitrogens with two attached hydrogens (primary N) is 1. The van der Waals surface area contributed by atoms with Crippen molar-refractivity contribution in [1.82, 2.24) is 0 Å². The number of methoxy groups -OCH3 is 1. The van der Waals surface area contributed by atoms with Gasteiger partial charge in [0, 0.05) is 6.54 Å². The van der Waals surface area contributed by atoms with Gasteiger partial charge in [-0.05, 0) is 30.9 Å². The number of aryl methyl sites for hydroxylation is 1. The Hall–Kier alpha value is -1.06. The molecule has 0 aliphatic rings. The molecule has 1 aromatic rings. The number of hydrogen-bond donors (Lipinski definition) is 2. The molecule has 1 atom stereocenters. The molecule has 0 aliphatic carbocycles. The monoisotopic (exact) mass is 209 g/mol. The maximum Gasteiger partial charge on any atom is 0.122 e. The molecule has 0 aromatic heterocycles. The molecule has 0 amide bonds. The van der Waals surface area contributed by atoms with Gasteiger partial charge in [-0.1, -0.05) is 18.2 Å². The molecular formula is C12H19NO2. The molecule has 3 nitrogen and oxygen atoms in total. The van der Waals surface area contributed by atoms with Gasteiger partial charge in [-0.15, -0.1) is 0 Å². The Labute approximate surface area is 90.9 Å². The summed E-state index contributed by atoms with van der Waals surface area (Å²) in [5.41, 5.74) is 6.52. The van der Waals surface area contributed by atoms with Gasteiger partial charge in [-0.25, -0.2) is 0 Å². The lowest BCUT2D eigenvalue weighted by atomic mass is 10.1. The number of aliphatic hydroxyl groups is 1. The van der Waals surface area contributed by atoms with E-state index in [4.69, 9.17) is 10.5 Å². The van der Waals surface area contributed by atoms with Gasteiger partial charge >= 0.3 is 0 Å². The van der Waals surface area contributed by atoms with Crippen molar-refractivity contribution in [2.45, 2.75) is 25.4 Å². The first-order valence-electron chi connectivity index (χ1n) is 5.28. The summed E-state index contributed by atoms with van der Waals surface area (Å²) in [5, 5.41) is 9.31. The Morgan fingerprint density at radius 3 is 2.80 bits per heavy atom. The highest BCUT2D eigenvalue weighted by Gasteiger charge is 2.04. The van der Waals surface area contributed by atoms with Crippen molar-refractivity contribution >= 4 is 0 Å². The topological polar surface area (TPSA) is 55.5 Å². The highest BCUT2D eigenvalue weighted by atomic mass is 16.5. The summed E-state index contributed by atoms with van der Waals surface area (Å²) in [7, 11) is 1.67. The second-order valence-corrected chi connectivity index (χ2v) is 3.59. The van der Waals surface area contributed by atoms with Gasteiger partial charge in [-0.3, -0.25) is 0 Å². The molecule has 0 radical (unpaired) electrons. The maximum absolute atomic E-state index is 9.31. The van der Waals surface area contributed by atoms with Crippen molar-refractivity contribution in [3.05, 3.63) is 29.8 Å². The Bertz CT molecular complexity index is 289. The largest absolute Gasteiger partial charge is 0.496 e. The van der Waals surface area contributed by atoms with Crippen molar-refractivity contribution in [3.63, 3.8) is 0 Å². The van der Waals surface area contributed by atoms with Gasteiger partial charge in [0.1, 0.15) is 5.75 Å². The smallest absolute Gasteiger partial charge is 0.122 e. The van der Waals surface area contributed by atoms with Gasteiger partial charge in [0.05, 0.1) is 13.2 Å². The van der Waals surface area contributed by atoms with Gasteiger partial charge in [-0.2, -0.15) is 0 Å². The fraction of sp³-hybridized carbons (Fsp3) is 0.500. The van der Waals surface area contributed by atoms with Crippen molar-refractivity contribution in [2.75, 3.05) is 13.7 Å². The fourth-order valence-corrected chi connectivity index (χ4v) is 1.56. The molecule has 0 saturated heterocycles. The van der Waals surface area contributed by atoms with Gasteiger partial charge in [0.15, 0.2) is 0 Å². The molecule has 0 heterocycles. The molecule has 0 spiro atoms. The zero-order valence-corrected chi connectivity index (χ0v) is 9.15. The number of ether oxygens (including phenoxy) is 1. The van der Waals surface area contributed by atoms with Crippen LogP contribution in [0.5, 0.6) is 5.75 Å². The van der Waals surface area contributed by atoms with Crippen LogP contribution < -0.4 is 10.5 Å². The van der Waals surface area contributed by atoms with Gasteiger partial charge in [0.25, 0.3) is 0 Å². The third-order valence-corrected chi connectivity index (χ3v) is 2.45. The molecule has 0 bridgehead atoms. The van der Waals surface area contributed by atoms with Gasteiger partial charge in [0.2, 0.25) is 0 Å². The van der Waals surface area contributed by atoms with E-state index in [0.29, 0.717) is 6.54 Å². The van der Waals surface area contributed by atoms with Crippen LogP contribution in [0.3, 0.4) is 0 Å². The molecule has 1 unspecified atom stereocenters. The van der Waals surface area contributed by atoms with Crippen LogP contribution in [-0.4, -0.2) is 24.9 Å². The zero-order valence-electron chi connectivity index (χ0n) is 9.15. The number of rotatable bonds is 6. The van der Waals surface area contributed by atoms with E-state index in [1.54, 1.807) is 7.11 Å². The summed E-state index contributed by atoms with van der Waals surface area (Å²) in [6, 6.07) is 7.95. The van der Waals surface area contributed by atoms with Crippen LogP contribution in [0.15, 0.2) is 24.3 Å². The average molecular weight is 209 g/mol. The number of benzene rings is 1. The summed E-state index contributed by atoms with van der Waals surface area (Å²) in [6.45, 7) is 0.339. The van der Waals surface area contributed by atoms with Crippen LogP contribution in [0.4, 0.5) is 0 Å². The first kappa shape index (κ1) is 12.0. The van der Waals surface area contributed by atoms with Crippen LogP contribution >= 0.6 is 0 Å². The van der Waals surface area contributed by atoms with E-state index >= 15 is 0 Å². The minimum atomic E-state index is -0.375. The summed E-state index contributed by atoms with van der Waals surface area (Å²) < 4.78 is 5.24. The highest BCUT2D eigenvalue weighted by molar-refractivity contribution is 5.33. The minimum Gasteiger partial charge on any atom is -0.496 e. The summed E-state index contributed by atoms with van der Waals surface area (Å²) >= 11 is 0. The lowest BCUT2D eigenvalue weighted by Gasteiger charge is -2.09. The molecule has 0 fully saturated rings. The molecule has 3 N–H and O–H groups in total. The predicted octanol–water partition coefficient (Wildman–Crippen LogP) is 1.34. The molecule has 0 saturated carbocycles. The lowest BCUT2D eigenvalue weighted by Crippen LogP contribution is -2.19. The number of aliphatic hydroxyl groups excluding tert-OH is 1. The molecule has 15 heavy (non-hydrogen) atoms. The van der Waals surface area contributed by atoms with Crippen molar-refractivity contribution in [2.24, 2.45) is 5.73 Å². The Morgan fingerprint density at radius 1 is 1.40 bits per heavy atom. The van der Waals surface area contributed by atoms with Crippen LogP contribution in [-0.2, 0) is 6.42 Å². The maximum atomic E-state index is 9.31. The summed E-state index contributed by atoms with van der Waals surface area (Å²) in [4.78, 5) is 0. The minimum absolute atomic E-state index is 0.339. The second-order valence-electron chi connectivity index (χ2n) is 3.59. The average Bonchev–Trinajstić information content (AvgIpc) is 2.29. The van der Waals surface area contributed by atoms with E-state index in [2.05, 4.69) is 0 Å². The van der Waals surface area contributed by atoms with Crippen LogP contribution in [0.25, 0.3) is 0 Å². The third kappa shape index (κ3) is 3.90. The molecule has 1 aromatic carbocycles. The standard InChI is InChI=1S/C12H19NO2/c1-15-12-8-3-2-5-10(12)6-4-7-11(14)9-13/h2-3,5,8,11,14H,4,6-7,9,13H2,1H3. The van der Waals surface area contributed by atoms with Crippen LogP contribution in [0, 0.1) is 0 Å². The first-order chi connectivity index (χ1) is 7.27. The summed E-state index contributed by atoms with van der Waals surface area (Å²) in [6.07, 6.45) is 2.22. The quantitative estimate of drug-likeness (QED) is 0.743. The summed E-state index contributed by atoms with van der Waals surface area (Å²) in [5.74, 6) is 0.916. The van der Waals surface area contributed by atoms with E-state index in [0.717, 1.165) is 25.0 Å².